The summed E-state index contributed by atoms with van der Waals surface area (Å²) in [6.07, 6.45) is 0. The van der Waals surface area contributed by atoms with Crippen LogP contribution < -0.4 is 0 Å². The van der Waals surface area contributed by atoms with Crippen molar-refractivity contribution in [1.82, 2.24) is 0 Å². The molecule has 0 bridgehead atoms. The number of hydrogen-bond donors (Lipinski definition) is 0. The number of ether oxygens (including phenoxy) is 1. The Bertz CT molecular complexity index is 543. The van der Waals surface area contributed by atoms with Crippen molar-refractivity contribution in [3.8, 4) is 0 Å². The smallest absolute Gasteiger partial charge is 0.338 e. The van der Waals surface area contributed by atoms with Gasteiger partial charge >= 0.3 is 5.97 Å². The van der Waals surface area contributed by atoms with Gasteiger partial charge in [0.15, 0.2) is 0 Å². The first-order chi connectivity index (χ1) is 7.27. The maximum absolute atomic E-state index is 13.3. The lowest BCUT2D eigenvalue weighted by Crippen LogP contribution is -2.07. The Hall–Kier alpha value is -0.410. The average Bonchev–Trinajstić information content (AvgIpc) is 2.14. The highest BCUT2D eigenvalue weighted by Crippen LogP contribution is 2.24. The van der Waals surface area contributed by atoms with Gasteiger partial charge in [0.05, 0.1) is 12.7 Å². The summed E-state index contributed by atoms with van der Waals surface area (Å²) < 4.78 is 39.9. The number of halogens is 3. The Morgan fingerprint density at radius 1 is 1.50 bits per heavy atom. The molecule has 0 amide bonds. The molecule has 88 valence electrons. The highest BCUT2D eigenvalue weighted by molar-refractivity contribution is 14.1. The van der Waals surface area contributed by atoms with Crippen LogP contribution in [0.1, 0.15) is 10.4 Å². The molecule has 0 N–H and O–H groups in total. The Morgan fingerprint density at radius 2 is 2.06 bits per heavy atom. The third-order valence-electron chi connectivity index (χ3n) is 1.69. The van der Waals surface area contributed by atoms with Crippen LogP contribution in [0.25, 0.3) is 0 Å². The lowest BCUT2D eigenvalue weighted by Gasteiger charge is -2.05. The van der Waals surface area contributed by atoms with Gasteiger partial charge in [0.25, 0.3) is 9.05 Å². The fourth-order valence-corrected chi connectivity index (χ4v) is 2.54. The second-order valence-electron chi connectivity index (χ2n) is 2.69. The highest BCUT2D eigenvalue weighted by atomic mass is 127. The van der Waals surface area contributed by atoms with E-state index in [1.54, 1.807) is 22.6 Å². The predicted molar refractivity (Wildman–Crippen MR) is 63.5 cm³/mol. The molecule has 8 heteroatoms. The summed E-state index contributed by atoms with van der Waals surface area (Å²) in [5.74, 6) is -1.77. The minimum atomic E-state index is -4.23. The largest absolute Gasteiger partial charge is 0.465 e. The van der Waals surface area contributed by atoms with Crippen LogP contribution in [0.2, 0.25) is 0 Å². The monoisotopic (exact) mass is 378 g/mol. The van der Waals surface area contributed by atoms with E-state index in [1.165, 1.54) is 0 Å². The summed E-state index contributed by atoms with van der Waals surface area (Å²) >= 11 is 1.69. The Morgan fingerprint density at radius 3 is 2.50 bits per heavy atom. The normalized spacial score (nSPS) is 11.2. The fourth-order valence-electron chi connectivity index (χ4n) is 0.982. The molecule has 4 nitrogen and oxygen atoms in total. The van der Waals surface area contributed by atoms with Crippen LogP contribution in [-0.2, 0) is 13.8 Å². The molecule has 0 atom stereocenters. The SMILES string of the molecule is COC(=O)c1cc(S(=O)(=O)Cl)c(F)cc1I. The maximum Gasteiger partial charge on any atom is 0.338 e. The Balaban J connectivity index is 3.51. The number of benzene rings is 1. The van der Waals surface area contributed by atoms with Gasteiger partial charge in [0, 0.05) is 14.3 Å². The average molecular weight is 379 g/mol. The van der Waals surface area contributed by atoms with Crippen molar-refractivity contribution in [2.45, 2.75) is 4.90 Å². The summed E-state index contributed by atoms with van der Waals surface area (Å²) in [5.41, 5.74) is -0.0521. The van der Waals surface area contributed by atoms with Gasteiger partial charge in [-0.15, -0.1) is 0 Å². The van der Waals surface area contributed by atoms with E-state index >= 15 is 0 Å². The lowest BCUT2D eigenvalue weighted by molar-refractivity contribution is 0.0599. The predicted octanol–water partition coefficient (Wildman–Crippen LogP) is 2.14. The third-order valence-corrected chi connectivity index (χ3v) is 3.92. The van der Waals surface area contributed by atoms with Crippen LogP contribution in [0.4, 0.5) is 4.39 Å². The van der Waals surface area contributed by atoms with Gasteiger partial charge in [-0.1, -0.05) is 0 Å². The van der Waals surface area contributed by atoms with E-state index in [2.05, 4.69) is 4.74 Å². The zero-order chi connectivity index (χ0) is 12.5. The first-order valence-corrected chi connectivity index (χ1v) is 7.18. The molecule has 0 saturated heterocycles. The van der Waals surface area contributed by atoms with Crippen molar-refractivity contribution in [3.05, 3.63) is 27.1 Å². The van der Waals surface area contributed by atoms with Crippen molar-refractivity contribution >= 4 is 48.3 Å². The van der Waals surface area contributed by atoms with E-state index in [9.17, 15) is 17.6 Å². The molecule has 0 aliphatic carbocycles. The summed E-state index contributed by atoms with van der Waals surface area (Å²) in [6.45, 7) is 0. The number of esters is 1. The van der Waals surface area contributed by atoms with Gasteiger partial charge < -0.3 is 4.74 Å². The first-order valence-electron chi connectivity index (χ1n) is 3.79. The van der Waals surface area contributed by atoms with Crippen molar-refractivity contribution < 1.29 is 22.3 Å². The number of hydrogen-bond acceptors (Lipinski definition) is 4. The molecule has 0 saturated carbocycles. The summed E-state index contributed by atoms with van der Waals surface area (Å²) in [4.78, 5) is 10.5. The number of carbonyl (C=O) groups excluding carboxylic acids is 1. The highest BCUT2D eigenvalue weighted by Gasteiger charge is 2.21. The van der Waals surface area contributed by atoms with Crippen LogP contribution in [0, 0.1) is 9.39 Å². The molecule has 1 aromatic rings. The van der Waals surface area contributed by atoms with Gasteiger partial charge in [0.2, 0.25) is 0 Å². The summed E-state index contributed by atoms with van der Waals surface area (Å²) in [5, 5.41) is 0. The van der Waals surface area contributed by atoms with Crippen molar-refractivity contribution in [2.75, 3.05) is 7.11 Å². The van der Waals surface area contributed by atoms with Crippen molar-refractivity contribution in [1.29, 1.82) is 0 Å². The van der Waals surface area contributed by atoms with E-state index < -0.39 is 25.7 Å². The minimum absolute atomic E-state index is 0.0521. The van der Waals surface area contributed by atoms with E-state index in [-0.39, 0.29) is 9.13 Å². The third kappa shape index (κ3) is 2.83. The van der Waals surface area contributed by atoms with Crippen molar-refractivity contribution in [2.24, 2.45) is 0 Å². The van der Waals surface area contributed by atoms with Gasteiger partial charge in [-0.25, -0.2) is 17.6 Å². The molecule has 0 spiro atoms. The van der Waals surface area contributed by atoms with E-state index in [0.29, 0.717) is 0 Å². The minimum Gasteiger partial charge on any atom is -0.465 e. The van der Waals surface area contributed by atoms with Gasteiger partial charge in [0.1, 0.15) is 10.7 Å². The molecule has 0 radical (unpaired) electrons. The Labute approximate surface area is 109 Å². The van der Waals surface area contributed by atoms with Crippen LogP contribution in [0.3, 0.4) is 0 Å². The lowest BCUT2D eigenvalue weighted by atomic mass is 10.2. The molecule has 0 unspecified atom stereocenters. The second kappa shape index (κ2) is 4.84. The molecular weight excluding hydrogens is 374 g/mol. The molecule has 16 heavy (non-hydrogen) atoms. The molecule has 0 aromatic heterocycles. The fraction of sp³-hybridized carbons (Fsp3) is 0.125. The molecule has 0 fully saturated rings. The second-order valence-corrected chi connectivity index (χ2v) is 6.39. The van der Waals surface area contributed by atoms with Gasteiger partial charge in [-0.05, 0) is 34.7 Å². The zero-order valence-electron chi connectivity index (χ0n) is 7.83. The molecule has 0 aliphatic rings. The molecule has 1 rings (SSSR count). The number of rotatable bonds is 2. The zero-order valence-corrected chi connectivity index (χ0v) is 11.6. The molecule has 1 aromatic carbocycles. The van der Waals surface area contributed by atoms with E-state index in [0.717, 1.165) is 19.2 Å². The molecule has 0 aliphatic heterocycles. The van der Waals surface area contributed by atoms with Crippen LogP contribution in [0.15, 0.2) is 17.0 Å². The van der Waals surface area contributed by atoms with Gasteiger partial charge in [-0.3, -0.25) is 0 Å². The quantitative estimate of drug-likeness (QED) is 0.449. The number of carbonyl (C=O) groups is 1. The van der Waals surface area contributed by atoms with Crippen LogP contribution in [0.5, 0.6) is 0 Å². The maximum atomic E-state index is 13.3. The first kappa shape index (κ1) is 13.7. The van der Waals surface area contributed by atoms with E-state index in [4.69, 9.17) is 10.7 Å². The summed E-state index contributed by atoms with van der Waals surface area (Å²) in [7, 11) is 1.92. The van der Waals surface area contributed by atoms with Gasteiger partial charge in [-0.2, -0.15) is 0 Å². The van der Waals surface area contributed by atoms with Crippen LogP contribution >= 0.6 is 33.3 Å². The standard InChI is InChI=1S/C8H5ClFIO4S/c1-15-8(12)4-2-7(16(9,13)14)5(10)3-6(4)11/h2-3H,1H3. The van der Waals surface area contributed by atoms with Crippen LogP contribution in [-0.4, -0.2) is 21.5 Å². The Kier molecular flexibility index (Phi) is 4.13. The number of methoxy groups -OCH3 is 1. The summed E-state index contributed by atoms with van der Waals surface area (Å²) in [6, 6.07) is 1.76. The van der Waals surface area contributed by atoms with E-state index in [1.807, 2.05) is 0 Å². The molecule has 0 heterocycles. The molecular formula is C8H5ClFIO4S. The topological polar surface area (TPSA) is 60.4 Å². The van der Waals surface area contributed by atoms with Crippen molar-refractivity contribution in [3.63, 3.8) is 0 Å².